The zero-order chi connectivity index (χ0) is 10.2. The molecule has 1 atom stereocenters. The number of carbonyl (C=O) groups is 1. The third kappa shape index (κ3) is 2.10. The molecular formula is C11H11LiO3. The molecule has 15 heavy (non-hydrogen) atoms. The molecule has 0 aromatic heterocycles. The minimum absolute atomic E-state index is 0. The van der Waals surface area contributed by atoms with Crippen LogP contribution in [0.2, 0.25) is 0 Å². The van der Waals surface area contributed by atoms with Crippen molar-refractivity contribution < 1.29 is 33.5 Å². The Morgan fingerprint density at radius 3 is 2.53 bits per heavy atom. The average molecular weight is 198 g/mol. The van der Waals surface area contributed by atoms with Gasteiger partial charge in [0.1, 0.15) is 0 Å². The van der Waals surface area contributed by atoms with Crippen LogP contribution >= 0.6 is 0 Å². The molecule has 0 radical (unpaired) electrons. The molecule has 3 nitrogen and oxygen atoms in total. The van der Waals surface area contributed by atoms with Crippen LogP contribution in [0, 0.1) is 0 Å². The van der Waals surface area contributed by atoms with Crippen LogP contribution in [-0.2, 0) is 10.3 Å². The fourth-order valence-corrected chi connectivity index (χ4v) is 1.74. The number of hydrogen-bond acceptors (Lipinski definition) is 3. The molecule has 1 heterocycles. The Morgan fingerprint density at radius 1 is 1.47 bits per heavy atom. The SMILES string of the molecule is CC1(c2ccccc2C(=O)[O-])CCO1.[Li+]. The third-order valence-corrected chi connectivity index (χ3v) is 2.72. The van der Waals surface area contributed by atoms with Gasteiger partial charge in [0.2, 0.25) is 0 Å². The van der Waals surface area contributed by atoms with E-state index in [2.05, 4.69) is 0 Å². The number of carboxylic acid groups (broad SMARTS) is 1. The second-order valence-corrected chi connectivity index (χ2v) is 3.66. The molecule has 1 aromatic carbocycles. The Hall–Kier alpha value is -0.753. The summed E-state index contributed by atoms with van der Waals surface area (Å²) in [6.07, 6.45) is 0.858. The van der Waals surface area contributed by atoms with Gasteiger partial charge in [-0.15, -0.1) is 0 Å². The van der Waals surface area contributed by atoms with Crippen molar-refractivity contribution in [3.05, 3.63) is 35.4 Å². The quantitative estimate of drug-likeness (QED) is 0.502. The van der Waals surface area contributed by atoms with Gasteiger partial charge in [-0.05, 0) is 12.5 Å². The van der Waals surface area contributed by atoms with Crippen LogP contribution in [0.15, 0.2) is 24.3 Å². The average Bonchev–Trinajstić information content (AvgIpc) is 2.14. The third-order valence-electron chi connectivity index (χ3n) is 2.72. The van der Waals surface area contributed by atoms with Gasteiger partial charge < -0.3 is 14.6 Å². The summed E-state index contributed by atoms with van der Waals surface area (Å²) in [5.74, 6) is -1.14. The summed E-state index contributed by atoms with van der Waals surface area (Å²) in [5.41, 5.74) is 0.511. The molecule has 0 saturated carbocycles. The molecule has 1 aliphatic heterocycles. The summed E-state index contributed by atoms with van der Waals surface area (Å²) in [4.78, 5) is 10.8. The Balaban J connectivity index is 0.00000112. The van der Waals surface area contributed by atoms with Crippen molar-refractivity contribution in [2.45, 2.75) is 18.9 Å². The first kappa shape index (κ1) is 12.3. The molecular weight excluding hydrogens is 187 g/mol. The largest absolute Gasteiger partial charge is 1.00 e. The zero-order valence-electron chi connectivity index (χ0n) is 8.95. The Morgan fingerprint density at radius 2 is 2.07 bits per heavy atom. The monoisotopic (exact) mass is 198 g/mol. The van der Waals surface area contributed by atoms with E-state index in [1.165, 1.54) is 0 Å². The van der Waals surface area contributed by atoms with E-state index in [9.17, 15) is 9.90 Å². The molecule has 0 N–H and O–H groups in total. The Labute approximate surface area is 101 Å². The van der Waals surface area contributed by atoms with Gasteiger partial charge in [-0.2, -0.15) is 0 Å². The van der Waals surface area contributed by atoms with Gasteiger partial charge in [0.25, 0.3) is 0 Å². The van der Waals surface area contributed by atoms with Gasteiger partial charge in [0.15, 0.2) is 0 Å². The molecule has 1 saturated heterocycles. The van der Waals surface area contributed by atoms with Gasteiger partial charge >= 0.3 is 18.9 Å². The molecule has 0 amide bonds. The van der Waals surface area contributed by atoms with Crippen molar-refractivity contribution in [3.8, 4) is 0 Å². The minimum Gasteiger partial charge on any atom is -0.545 e. The number of rotatable bonds is 2. The summed E-state index contributed by atoms with van der Waals surface area (Å²) < 4.78 is 5.40. The number of ether oxygens (including phenoxy) is 1. The first-order chi connectivity index (χ1) is 6.63. The maximum atomic E-state index is 10.8. The number of hydrogen-bond donors (Lipinski definition) is 0. The summed E-state index contributed by atoms with van der Waals surface area (Å²) in [5, 5.41) is 10.8. The topological polar surface area (TPSA) is 49.4 Å². The van der Waals surface area contributed by atoms with Crippen LogP contribution in [0.5, 0.6) is 0 Å². The molecule has 1 aliphatic rings. The smallest absolute Gasteiger partial charge is 0.545 e. The standard InChI is InChI=1S/C11H12O3.Li/c1-11(6-7-14-11)9-5-3-2-4-8(9)10(12)13;/h2-5H,6-7H2,1H3,(H,12,13);/q;+1/p-1. The normalized spacial score (nSPS) is 23.8. The van der Waals surface area contributed by atoms with Gasteiger partial charge in [0.05, 0.1) is 18.2 Å². The predicted molar refractivity (Wildman–Crippen MR) is 48.7 cm³/mol. The maximum absolute atomic E-state index is 10.8. The Kier molecular flexibility index (Phi) is 3.61. The van der Waals surface area contributed by atoms with Crippen LogP contribution in [0.25, 0.3) is 0 Å². The maximum Gasteiger partial charge on any atom is 1.00 e. The van der Waals surface area contributed by atoms with E-state index in [1.54, 1.807) is 18.2 Å². The van der Waals surface area contributed by atoms with Crippen LogP contribution in [0.3, 0.4) is 0 Å². The first-order valence-corrected chi connectivity index (χ1v) is 4.58. The Bertz CT molecular complexity index is 372. The van der Waals surface area contributed by atoms with Crippen LogP contribution in [0.4, 0.5) is 0 Å². The molecule has 74 valence electrons. The van der Waals surface area contributed by atoms with Crippen LogP contribution in [0.1, 0.15) is 29.3 Å². The summed E-state index contributed by atoms with van der Waals surface area (Å²) in [6.45, 7) is 2.59. The van der Waals surface area contributed by atoms with Crippen LogP contribution in [-0.4, -0.2) is 12.6 Å². The van der Waals surface area contributed by atoms with Gasteiger partial charge in [-0.1, -0.05) is 24.3 Å². The second-order valence-electron chi connectivity index (χ2n) is 3.66. The molecule has 0 aliphatic carbocycles. The fraction of sp³-hybridized carbons (Fsp3) is 0.364. The summed E-state index contributed by atoms with van der Waals surface area (Å²) in [6, 6.07) is 6.84. The van der Waals surface area contributed by atoms with E-state index in [0.717, 1.165) is 6.42 Å². The van der Waals surface area contributed by atoms with Gasteiger partial charge in [-0.3, -0.25) is 0 Å². The van der Waals surface area contributed by atoms with Crippen molar-refractivity contribution in [1.29, 1.82) is 0 Å². The van der Waals surface area contributed by atoms with Gasteiger partial charge in [-0.25, -0.2) is 0 Å². The van der Waals surface area contributed by atoms with Gasteiger partial charge in [0, 0.05) is 12.0 Å². The predicted octanol–water partition coefficient (Wildman–Crippen LogP) is -2.31. The number of benzene rings is 1. The van der Waals surface area contributed by atoms with Crippen molar-refractivity contribution in [2.24, 2.45) is 0 Å². The van der Waals surface area contributed by atoms with E-state index in [-0.39, 0.29) is 24.4 Å². The van der Waals surface area contributed by atoms with Crippen molar-refractivity contribution in [3.63, 3.8) is 0 Å². The van der Waals surface area contributed by atoms with Crippen LogP contribution < -0.4 is 24.0 Å². The molecule has 1 aromatic rings. The van der Waals surface area contributed by atoms with Crippen molar-refractivity contribution in [1.82, 2.24) is 0 Å². The first-order valence-electron chi connectivity index (χ1n) is 4.58. The molecule has 1 fully saturated rings. The molecule has 4 heteroatoms. The van der Waals surface area contributed by atoms with E-state index in [4.69, 9.17) is 4.74 Å². The minimum atomic E-state index is -1.14. The van der Waals surface area contributed by atoms with E-state index in [1.807, 2.05) is 13.0 Å². The second kappa shape index (κ2) is 4.40. The van der Waals surface area contributed by atoms with Crippen molar-refractivity contribution in [2.75, 3.05) is 6.61 Å². The summed E-state index contributed by atoms with van der Waals surface area (Å²) >= 11 is 0. The number of carboxylic acids is 1. The number of carbonyl (C=O) groups excluding carboxylic acids is 1. The van der Waals surface area contributed by atoms with E-state index < -0.39 is 11.6 Å². The molecule has 1 unspecified atom stereocenters. The fourth-order valence-electron chi connectivity index (χ4n) is 1.74. The van der Waals surface area contributed by atoms with E-state index >= 15 is 0 Å². The molecule has 0 bridgehead atoms. The zero-order valence-corrected chi connectivity index (χ0v) is 8.95. The molecule has 2 rings (SSSR count). The van der Waals surface area contributed by atoms with Crippen molar-refractivity contribution >= 4 is 5.97 Å². The molecule has 0 spiro atoms. The van der Waals surface area contributed by atoms with E-state index in [0.29, 0.717) is 12.2 Å². The summed E-state index contributed by atoms with van der Waals surface area (Å²) in [7, 11) is 0. The number of aromatic carboxylic acids is 1.